The van der Waals surface area contributed by atoms with E-state index in [1.807, 2.05) is 60.8 Å². The molecule has 0 radical (unpaired) electrons. The summed E-state index contributed by atoms with van der Waals surface area (Å²) in [5, 5.41) is 5.29. The van der Waals surface area contributed by atoms with E-state index in [9.17, 15) is 4.79 Å². The van der Waals surface area contributed by atoms with Crippen molar-refractivity contribution in [3.63, 3.8) is 0 Å². The lowest BCUT2D eigenvalue weighted by molar-refractivity contribution is -0.111. The summed E-state index contributed by atoms with van der Waals surface area (Å²) in [4.78, 5) is 16.6. The molecule has 0 bridgehead atoms. The molecule has 3 rings (SSSR count). The van der Waals surface area contributed by atoms with Gasteiger partial charge in [0.1, 0.15) is 5.75 Å². The minimum atomic E-state index is -0.214. The van der Waals surface area contributed by atoms with Gasteiger partial charge in [0.05, 0.1) is 12.3 Å². The summed E-state index contributed by atoms with van der Waals surface area (Å²) >= 11 is 4.85. The van der Waals surface area contributed by atoms with Crippen molar-refractivity contribution in [3.05, 3.63) is 70.0 Å². The van der Waals surface area contributed by atoms with Gasteiger partial charge >= 0.3 is 0 Å². The number of nitrogens with one attached hydrogen (secondary N) is 1. The largest absolute Gasteiger partial charge is 0.494 e. The Bertz CT molecular complexity index is 920. The Morgan fingerprint density at radius 1 is 1.27 bits per heavy atom. The van der Waals surface area contributed by atoms with Gasteiger partial charge < -0.3 is 4.74 Å². The average Bonchev–Trinajstić information content (AvgIpc) is 3.10. The first kappa shape index (κ1) is 18.4. The summed E-state index contributed by atoms with van der Waals surface area (Å²) in [6, 6.07) is 15.5. The van der Waals surface area contributed by atoms with Gasteiger partial charge in [-0.3, -0.25) is 10.1 Å². The summed E-state index contributed by atoms with van der Waals surface area (Å²) in [5.74, 6) is 0.603. The summed E-state index contributed by atoms with van der Waals surface area (Å²) in [5.41, 5.74) is 2.76. The average molecular weight is 429 g/mol. The van der Waals surface area contributed by atoms with Crippen molar-refractivity contribution in [1.29, 1.82) is 0 Å². The Balaban J connectivity index is 1.61. The quantitative estimate of drug-likeness (QED) is 0.518. The van der Waals surface area contributed by atoms with Crippen molar-refractivity contribution in [1.82, 2.24) is 4.98 Å². The normalized spacial score (nSPS) is 10.8. The molecule has 0 spiro atoms. The van der Waals surface area contributed by atoms with Gasteiger partial charge in [-0.1, -0.05) is 40.2 Å². The van der Waals surface area contributed by atoms with Gasteiger partial charge in [-0.2, -0.15) is 0 Å². The Labute approximate surface area is 164 Å². The van der Waals surface area contributed by atoms with Gasteiger partial charge in [0.25, 0.3) is 0 Å². The third kappa shape index (κ3) is 5.03. The standard InChI is InChI=1S/C20H17BrN2O2S/c1-2-25-17-9-6-14(7-10-17)8-11-19(24)23-20-22-18(13-26-20)15-4-3-5-16(21)12-15/h3-13H,2H2,1H3,(H,22,23,24)/b11-8+. The molecule has 0 aliphatic heterocycles. The first-order valence-electron chi connectivity index (χ1n) is 8.07. The zero-order valence-electron chi connectivity index (χ0n) is 14.1. The molecular weight excluding hydrogens is 412 g/mol. The second-order valence-electron chi connectivity index (χ2n) is 5.37. The van der Waals surface area contributed by atoms with Crippen molar-refractivity contribution in [2.45, 2.75) is 6.92 Å². The number of carbonyl (C=O) groups is 1. The number of benzene rings is 2. The fourth-order valence-corrected chi connectivity index (χ4v) is 3.39. The second-order valence-corrected chi connectivity index (χ2v) is 7.15. The van der Waals surface area contributed by atoms with E-state index < -0.39 is 0 Å². The van der Waals surface area contributed by atoms with Crippen molar-refractivity contribution < 1.29 is 9.53 Å². The predicted molar refractivity (Wildman–Crippen MR) is 111 cm³/mol. The fourth-order valence-electron chi connectivity index (χ4n) is 2.27. The minimum Gasteiger partial charge on any atom is -0.494 e. The molecule has 2 aromatic carbocycles. The number of thiazole rings is 1. The number of anilines is 1. The molecule has 0 atom stereocenters. The Kier molecular flexibility index (Phi) is 6.20. The number of hydrogen-bond donors (Lipinski definition) is 1. The molecule has 1 N–H and O–H groups in total. The lowest BCUT2D eigenvalue weighted by atomic mass is 10.2. The van der Waals surface area contributed by atoms with Crippen LogP contribution in [-0.4, -0.2) is 17.5 Å². The summed E-state index contributed by atoms with van der Waals surface area (Å²) in [6.45, 7) is 2.58. The SMILES string of the molecule is CCOc1ccc(/C=C/C(=O)Nc2nc(-c3cccc(Br)c3)cs2)cc1. The zero-order chi connectivity index (χ0) is 18.4. The van der Waals surface area contributed by atoms with Crippen LogP contribution in [0, 0.1) is 0 Å². The molecule has 1 heterocycles. The number of ether oxygens (including phenoxy) is 1. The monoisotopic (exact) mass is 428 g/mol. The molecule has 6 heteroatoms. The third-order valence-electron chi connectivity index (χ3n) is 3.47. The first-order valence-corrected chi connectivity index (χ1v) is 9.74. The van der Waals surface area contributed by atoms with Gasteiger partial charge in [-0.05, 0) is 42.8 Å². The van der Waals surface area contributed by atoms with E-state index in [-0.39, 0.29) is 5.91 Å². The van der Waals surface area contributed by atoms with Crippen LogP contribution in [0.25, 0.3) is 17.3 Å². The number of nitrogens with zero attached hydrogens (tertiary/aromatic N) is 1. The van der Waals surface area contributed by atoms with E-state index in [0.29, 0.717) is 11.7 Å². The van der Waals surface area contributed by atoms with Crippen LogP contribution in [-0.2, 0) is 4.79 Å². The Morgan fingerprint density at radius 2 is 2.08 bits per heavy atom. The predicted octanol–water partition coefficient (Wildman–Crippen LogP) is 5.62. The number of halogens is 1. The maximum absolute atomic E-state index is 12.1. The van der Waals surface area contributed by atoms with Gasteiger partial charge in [-0.15, -0.1) is 11.3 Å². The fraction of sp³-hybridized carbons (Fsp3) is 0.100. The van der Waals surface area contributed by atoms with E-state index in [0.717, 1.165) is 27.0 Å². The van der Waals surface area contributed by atoms with Crippen LogP contribution in [0.3, 0.4) is 0 Å². The molecule has 3 aromatic rings. The smallest absolute Gasteiger partial charge is 0.250 e. The highest BCUT2D eigenvalue weighted by atomic mass is 79.9. The minimum absolute atomic E-state index is 0.214. The molecule has 1 aromatic heterocycles. The van der Waals surface area contributed by atoms with Crippen LogP contribution >= 0.6 is 27.3 Å². The van der Waals surface area contributed by atoms with Crippen LogP contribution in [0.15, 0.2) is 64.5 Å². The highest BCUT2D eigenvalue weighted by Crippen LogP contribution is 2.26. The molecule has 0 unspecified atom stereocenters. The van der Waals surface area contributed by atoms with Gasteiger partial charge in [0.15, 0.2) is 5.13 Å². The van der Waals surface area contributed by atoms with E-state index in [1.165, 1.54) is 17.4 Å². The number of hydrogen-bond acceptors (Lipinski definition) is 4. The van der Waals surface area contributed by atoms with E-state index in [4.69, 9.17) is 4.74 Å². The molecule has 0 saturated carbocycles. The van der Waals surface area contributed by atoms with E-state index in [2.05, 4.69) is 26.2 Å². The highest BCUT2D eigenvalue weighted by Gasteiger charge is 2.06. The molecule has 0 saturated heterocycles. The zero-order valence-corrected chi connectivity index (χ0v) is 16.5. The maximum atomic E-state index is 12.1. The molecular formula is C20H17BrN2O2S. The van der Waals surface area contributed by atoms with Crippen molar-refractivity contribution in [2.24, 2.45) is 0 Å². The van der Waals surface area contributed by atoms with Crippen LogP contribution in [0.1, 0.15) is 12.5 Å². The number of aromatic nitrogens is 1. The van der Waals surface area contributed by atoms with E-state index >= 15 is 0 Å². The summed E-state index contributed by atoms with van der Waals surface area (Å²) in [7, 11) is 0. The van der Waals surface area contributed by atoms with Gasteiger partial charge in [0, 0.05) is 21.5 Å². The third-order valence-corrected chi connectivity index (χ3v) is 4.72. The molecule has 26 heavy (non-hydrogen) atoms. The van der Waals surface area contributed by atoms with Crippen molar-refractivity contribution in [2.75, 3.05) is 11.9 Å². The Hall–Kier alpha value is -2.44. The molecule has 0 aliphatic carbocycles. The van der Waals surface area contributed by atoms with Gasteiger partial charge in [0.2, 0.25) is 5.91 Å². The van der Waals surface area contributed by atoms with Crippen LogP contribution in [0.5, 0.6) is 5.75 Å². The molecule has 4 nitrogen and oxygen atoms in total. The second kappa shape index (κ2) is 8.78. The lowest BCUT2D eigenvalue weighted by Crippen LogP contribution is -2.07. The number of carbonyl (C=O) groups excluding carboxylic acids is 1. The molecule has 0 fully saturated rings. The number of amides is 1. The molecule has 1 amide bonds. The maximum Gasteiger partial charge on any atom is 0.250 e. The molecule has 0 aliphatic rings. The highest BCUT2D eigenvalue weighted by molar-refractivity contribution is 9.10. The summed E-state index contributed by atoms with van der Waals surface area (Å²) < 4.78 is 6.39. The topological polar surface area (TPSA) is 51.2 Å². The van der Waals surface area contributed by atoms with Gasteiger partial charge in [-0.25, -0.2) is 4.98 Å². The molecule has 132 valence electrons. The van der Waals surface area contributed by atoms with Crippen LogP contribution in [0.2, 0.25) is 0 Å². The summed E-state index contributed by atoms with van der Waals surface area (Å²) in [6.07, 6.45) is 3.25. The number of rotatable bonds is 6. The van der Waals surface area contributed by atoms with Crippen LogP contribution < -0.4 is 10.1 Å². The van der Waals surface area contributed by atoms with Crippen molar-refractivity contribution in [3.8, 4) is 17.0 Å². The van der Waals surface area contributed by atoms with E-state index in [1.54, 1.807) is 6.08 Å². The van der Waals surface area contributed by atoms with Crippen molar-refractivity contribution >= 4 is 44.4 Å². The van der Waals surface area contributed by atoms with Crippen LogP contribution in [0.4, 0.5) is 5.13 Å². The first-order chi connectivity index (χ1) is 12.6. The Morgan fingerprint density at radius 3 is 2.81 bits per heavy atom. The lowest BCUT2D eigenvalue weighted by Gasteiger charge is -2.02.